The molecule has 1 aromatic heterocycles. The first-order valence-corrected chi connectivity index (χ1v) is 5.68. The zero-order valence-electron chi connectivity index (χ0n) is 10.1. The van der Waals surface area contributed by atoms with E-state index in [1.807, 2.05) is 6.20 Å². The molecule has 1 aromatic rings. The number of aryl methyl sites for hydroxylation is 1. The Bertz CT molecular complexity index is 352. The SMILES string of the molecule is CN(C)Cc1ccnc(CCCCC#N)c1. The molecule has 0 aromatic carbocycles. The molecule has 0 N–H and O–H groups in total. The lowest BCUT2D eigenvalue weighted by Crippen LogP contribution is -2.11. The summed E-state index contributed by atoms with van der Waals surface area (Å²) in [4.78, 5) is 6.49. The minimum atomic E-state index is 0.650. The molecule has 0 bridgehead atoms. The lowest BCUT2D eigenvalue weighted by molar-refractivity contribution is 0.402. The monoisotopic (exact) mass is 217 g/mol. The summed E-state index contributed by atoms with van der Waals surface area (Å²) >= 11 is 0. The average molecular weight is 217 g/mol. The van der Waals surface area contributed by atoms with Gasteiger partial charge in [-0.05, 0) is 51.1 Å². The minimum absolute atomic E-state index is 0.650. The molecule has 0 unspecified atom stereocenters. The predicted octanol–water partition coefficient (Wildman–Crippen LogP) is 2.38. The van der Waals surface area contributed by atoms with Crippen LogP contribution in [-0.4, -0.2) is 24.0 Å². The molecule has 3 heteroatoms. The van der Waals surface area contributed by atoms with Crippen molar-refractivity contribution in [3.05, 3.63) is 29.6 Å². The summed E-state index contributed by atoms with van der Waals surface area (Å²) in [6.07, 6.45) is 5.51. The van der Waals surface area contributed by atoms with Crippen LogP contribution in [0.15, 0.2) is 18.3 Å². The highest BCUT2D eigenvalue weighted by atomic mass is 15.0. The lowest BCUT2D eigenvalue weighted by Gasteiger charge is -2.10. The molecule has 0 amide bonds. The normalized spacial score (nSPS) is 10.4. The van der Waals surface area contributed by atoms with E-state index in [1.54, 1.807) is 0 Å². The second-order valence-corrected chi connectivity index (χ2v) is 4.26. The fourth-order valence-corrected chi connectivity index (χ4v) is 1.64. The Hall–Kier alpha value is -1.40. The molecule has 0 aliphatic carbocycles. The Morgan fingerprint density at radius 1 is 1.38 bits per heavy atom. The Morgan fingerprint density at radius 2 is 2.19 bits per heavy atom. The Labute approximate surface area is 97.7 Å². The molecule has 0 saturated carbocycles. The van der Waals surface area contributed by atoms with Crippen LogP contribution in [-0.2, 0) is 13.0 Å². The Kier molecular flexibility index (Phi) is 5.52. The summed E-state index contributed by atoms with van der Waals surface area (Å²) in [6.45, 7) is 0.952. The highest BCUT2D eigenvalue weighted by Crippen LogP contribution is 2.08. The fourth-order valence-electron chi connectivity index (χ4n) is 1.64. The highest BCUT2D eigenvalue weighted by Gasteiger charge is 1.99. The third-order valence-electron chi connectivity index (χ3n) is 2.35. The van der Waals surface area contributed by atoms with Crippen molar-refractivity contribution in [2.75, 3.05) is 14.1 Å². The highest BCUT2D eigenvalue weighted by molar-refractivity contribution is 5.16. The number of rotatable bonds is 6. The zero-order valence-corrected chi connectivity index (χ0v) is 10.1. The average Bonchev–Trinajstić information content (AvgIpc) is 2.24. The summed E-state index contributed by atoms with van der Waals surface area (Å²) in [5, 5.41) is 8.44. The second kappa shape index (κ2) is 6.97. The largest absolute Gasteiger partial charge is 0.305 e. The molecular weight excluding hydrogens is 198 g/mol. The van der Waals surface area contributed by atoms with E-state index in [9.17, 15) is 0 Å². The maximum absolute atomic E-state index is 8.44. The molecule has 86 valence electrons. The van der Waals surface area contributed by atoms with Gasteiger partial charge in [0.05, 0.1) is 6.07 Å². The molecule has 1 rings (SSSR count). The number of nitriles is 1. The van der Waals surface area contributed by atoms with Crippen molar-refractivity contribution in [2.24, 2.45) is 0 Å². The van der Waals surface area contributed by atoms with E-state index in [4.69, 9.17) is 5.26 Å². The first-order valence-electron chi connectivity index (χ1n) is 5.68. The van der Waals surface area contributed by atoms with Gasteiger partial charge in [-0.25, -0.2) is 0 Å². The zero-order chi connectivity index (χ0) is 11.8. The topological polar surface area (TPSA) is 39.9 Å². The first kappa shape index (κ1) is 12.7. The molecule has 0 radical (unpaired) electrons. The maximum atomic E-state index is 8.44. The number of pyridine rings is 1. The summed E-state index contributed by atoms with van der Waals surface area (Å²) in [6, 6.07) is 6.38. The van der Waals surface area contributed by atoms with Gasteiger partial charge in [0, 0.05) is 24.9 Å². The van der Waals surface area contributed by atoms with Gasteiger partial charge >= 0.3 is 0 Å². The molecular formula is C13H19N3. The third-order valence-corrected chi connectivity index (χ3v) is 2.35. The standard InChI is InChI=1S/C13H19N3/c1-16(2)11-12-7-9-15-13(10-12)6-4-3-5-8-14/h7,9-10H,3-6,11H2,1-2H3. The van der Waals surface area contributed by atoms with Gasteiger partial charge in [-0.15, -0.1) is 0 Å². The van der Waals surface area contributed by atoms with Gasteiger partial charge in [-0.2, -0.15) is 5.26 Å². The van der Waals surface area contributed by atoms with E-state index in [-0.39, 0.29) is 0 Å². The van der Waals surface area contributed by atoms with Crippen molar-refractivity contribution in [2.45, 2.75) is 32.2 Å². The van der Waals surface area contributed by atoms with Crippen molar-refractivity contribution in [3.8, 4) is 6.07 Å². The maximum Gasteiger partial charge on any atom is 0.0621 e. The second-order valence-electron chi connectivity index (χ2n) is 4.26. The van der Waals surface area contributed by atoms with Gasteiger partial charge in [-0.1, -0.05) is 0 Å². The van der Waals surface area contributed by atoms with Crippen molar-refractivity contribution in [1.29, 1.82) is 5.26 Å². The summed E-state index contributed by atoms with van der Waals surface area (Å²) in [7, 11) is 4.13. The van der Waals surface area contributed by atoms with Gasteiger partial charge < -0.3 is 4.90 Å². The van der Waals surface area contributed by atoms with Crippen LogP contribution in [0, 0.1) is 11.3 Å². The molecule has 0 aliphatic rings. The lowest BCUT2D eigenvalue weighted by atomic mass is 10.1. The van der Waals surface area contributed by atoms with Crippen LogP contribution in [0.3, 0.4) is 0 Å². The number of unbranched alkanes of at least 4 members (excludes halogenated alkanes) is 2. The van der Waals surface area contributed by atoms with Crippen LogP contribution in [0.25, 0.3) is 0 Å². The van der Waals surface area contributed by atoms with Gasteiger partial charge in [0.15, 0.2) is 0 Å². The number of hydrogen-bond acceptors (Lipinski definition) is 3. The quantitative estimate of drug-likeness (QED) is 0.687. The van der Waals surface area contributed by atoms with Crippen molar-refractivity contribution in [1.82, 2.24) is 9.88 Å². The summed E-state index contributed by atoms with van der Waals surface area (Å²) in [5.74, 6) is 0. The van der Waals surface area contributed by atoms with E-state index in [2.05, 4.69) is 42.2 Å². The van der Waals surface area contributed by atoms with Crippen molar-refractivity contribution >= 4 is 0 Å². The molecule has 3 nitrogen and oxygen atoms in total. The molecule has 0 fully saturated rings. The van der Waals surface area contributed by atoms with E-state index in [0.29, 0.717) is 6.42 Å². The Balaban J connectivity index is 2.44. The van der Waals surface area contributed by atoms with Crippen LogP contribution in [0.4, 0.5) is 0 Å². The van der Waals surface area contributed by atoms with Crippen LogP contribution in [0.2, 0.25) is 0 Å². The van der Waals surface area contributed by atoms with Gasteiger partial charge in [0.1, 0.15) is 0 Å². The van der Waals surface area contributed by atoms with E-state index in [1.165, 1.54) is 5.56 Å². The number of nitrogens with zero attached hydrogens (tertiary/aromatic N) is 3. The first-order chi connectivity index (χ1) is 7.72. The van der Waals surface area contributed by atoms with Crippen molar-refractivity contribution < 1.29 is 0 Å². The van der Waals surface area contributed by atoms with Gasteiger partial charge in [0.2, 0.25) is 0 Å². The molecule has 16 heavy (non-hydrogen) atoms. The van der Waals surface area contributed by atoms with Crippen molar-refractivity contribution in [3.63, 3.8) is 0 Å². The van der Waals surface area contributed by atoms with Crippen LogP contribution in [0.5, 0.6) is 0 Å². The molecule has 0 spiro atoms. The minimum Gasteiger partial charge on any atom is -0.305 e. The molecule has 0 aliphatic heterocycles. The Morgan fingerprint density at radius 3 is 2.88 bits per heavy atom. The van der Waals surface area contributed by atoms with E-state index < -0.39 is 0 Å². The molecule has 1 heterocycles. The van der Waals surface area contributed by atoms with Gasteiger partial charge in [-0.3, -0.25) is 4.98 Å². The third kappa shape index (κ3) is 4.90. The van der Waals surface area contributed by atoms with Crippen LogP contribution < -0.4 is 0 Å². The van der Waals surface area contributed by atoms with Gasteiger partial charge in [0.25, 0.3) is 0 Å². The summed E-state index contributed by atoms with van der Waals surface area (Å²) < 4.78 is 0. The van der Waals surface area contributed by atoms with Crippen LogP contribution >= 0.6 is 0 Å². The smallest absolute Gasteiger partial charge is 0.0621 e. The van der Waals surface area contributed by atoms with Crippen LogP contribution in [0.1, 0.15) is 30.5 Å². The number of hydrogen-bond donors (Lipinski definition) is 0. The van der Waals surface area contributed by atoms with E-state index >= 15 is 0 Å². The number of aromatic nitrogens is 1. The molecule has 0 saturated heterocycles. The summed E-state index contributed by atoms with van der Waals surface area (Å²) in [5.41, 5.74) is 2.44. The van der Waals surface area contributed by atoms with E-state index in [0.717, 1.165) is 31.5 Å². The fraction of sp³-hybridized carbons (Fsp3) is 0.538. The molecule has 0 atom stereocenters. The predicted molar refractivity (Wildman–Crippen MR) is 64.8 cm³/mol.